The van der Waals surface area contributed by atoms with Gasteiger partial charge >= 0.3 is 11.9 Å². The third-order valence-electron chi connectivity index (χ3n) is 5.82. The molecule has 0 aliphatic carbocycles. The van der Waals surface area contributed by atoms with E-state index >= 15 is 0 Å². The summed E-state index contributed by atoms with van der Waals surface area (Å²) in [5, 5.41) is 26.0. The van der Waals surface area contributed by atoms with Gasteiger partial charge < -0.3 is 42.6 Å². The highest BCUT2D eigenvalue weighted by molar-refractivity contribution is 5.95. The van der Waals surface area contributed by atoms with Gasteiger partial charge in [0.1, 0.15) is 18.1 Å². The maximum Gasteiger partial charge on any atom is 0.326 e. The molecule has 14 heteroatoms. The third-order valence-corrected chi connectivity index (χ3v) is 5.82. The molecule has 14 nitrogen and oxygen atoms in total. The van der Waals surface area contributed by atoms with E-state index in [9.17, 15) is 34.2 Å². The van der Waals surface area contributed by atoms with Gasteiger partial charge in [-0.3, -0.25) is 19.2 Å². The molecule has 0 radical (unpaired) electrons. The first kappa shape index (κ1) is 30.9. The van der Waals surface area contributed by atoms with Crippen molar-refractivity contribution in [3.63, 3.8) is 0 Å². The number of aromatic nitrogens is 2. The van der Waals surface area contributed by atoms with Crippen LogP contribution in [-0.2, 0) is 36.8 Å². The van der Waals surface area contributed by atoms with Crippen molar-refractivity contribution in [3.8, 4) is 0 Å². The van der Waals surface area contributed by atoms with Crippen LogP contribution in [0.5, 0.6) is 0 Å². The first-order valence-corrected chi connectivity index (χ1v) is 12.4. The molecular weight excluding hydrogens is 510 g/mol. The van der Waals surface area contributed by atoms with E-state index in [-0.39, 0.29) is 19.3 Å². The van der Waals surface area contributed by atoms with Gasteiger partial charge in [0, 0.05) is 24.7 Å². The molecule has 1 aromatic carbocycles. The molecule has 0 saturated heterocycles. The summed E-state index contributed by atoms with van der Waals surface area (Å²) in [6, 6.07) is 3.60. The molecule has 0 bridgehead atoms. The number of carbonyl (C=O) groups is 5. The van der Waals surface area contributed by atoms with E-state index in [1.807, 2.05) is 0 Å². The zero-order valence-corrected chi connectivity index (χ0v) is 21.3. The lowest BCUT2D eigenvalue weighted by atomic mass is 10.0. The van der Waals surface area contributed by atoms with Crippen molar-refractivity contribution < 1.29 is 34.2 Å². The largest absolute Gasteiger partial charge is 0.481 e. The minimum Gasteiger partial charge on any atom is -0.481 e. The van der Waals surface area contributed by atoms with Gasteiger partial charge in [0.2, 0.25) is 17.7 Å². The van der Waals surface area contributed by atoms with E-state index in [2.05, 4.69) is 25.9 Å². The number of unbranched alkanes of at least 4 members (excludes halogenated alkanes) is 1. The number of carbonyl (C=O) groups excluding carboxylic acids is 3. The van der Waals surface area contributed by atoms with Crippen LogP contribution in [-0.4, -0.2) is 80.6 Å². The van der Waals surface area contributed by atoms with Crippen molar-refractivity contribution in [2.75, 3.05) is 6.54 Å². The van der Waals surface area contributed by atoms with Crippen LogP contribution < -0.4 is 27.4 Å². The Labute approximate surface area is 224 Å². The van der Waals surface area contributed by atoms with E-state index in [0.717, 1.165) is 0 Å². The monoisotopic (exact) mass is 545 g/mol. The molecule has 2 rings (SSSR count). The molecule has 0 aliphatic heterocycles. The van der Waals surface area contributed by atoms with Crippen LogP contribution in [0.2, 0.25) is 0 Å². The van der Waals surface area contributed by atoms with Gasteiger partial charge in [-0.2, -0.15) is 0 Å². The maximum atomic E-state index is 13.3. The van der Waals surface area contributed by atoms with E-state index in [0.29, 0.717) is 30.6 Å². The van der Waals surface area contributed by atoms with Gasteiger partial charge in [0.15, 0.2) is 0 Å². The predicted octanol–water partition coefficient (Wildman–Crippen LogP) is -1.34. The zero-order valence-electron chi connectivity index (χ0n) is 21.3. The number of nitrogens with one attached hydrogen (secondary N) is 4. The summed E-state index contributed by atoms with van der Waals surface area (Å²) in [7, 11) is 0. The van der Waals surface area contributed by atoms with E-state index in [1.54, 1.807) is 30.3 Å². The number of aromatic amines is 1. The predicted molar refractivity (Wildman–Crippen MR) is 139 cm³/mol. The number of aliphatic carboxylic acids is 2. The highest BCUT2D eigenvalue weighted by Crippen LogP contribution is 2.07. The van der Waals surface area contributed by atoms with Gasteiger partial charge in [-0.25, -0.2) is 9.78 Å². The molecule has 0 saturated carbocycles. The molecule has 0 aliphatic rings. The second-order valence-electron chi connectivity index (χ2n) is 8.98. The zero-order chi connectivity index (χ0) is 28.8. The summed E-state index contributed by atoms with van der Waals surface area (Å²) < 4.78 is 0. The van der Waals surface area contributed by atoms with Gasteiger partial charge in [0.25, 0.3) is 0 Å². The molecule has 0 spiro atoms. The number of carboxylic acids is 2. The highest BCUT2D eigenvalue weighted by atomic mass is 16.4. The molecule has 212 valence electrons. The number of rotatable bonds is 17. The average Bonchev–Trinajstić information content (AvgIpc) is 3.40. The first-order valence-electron chi connectivity index (χ1n) is 12.4. The van der Waals surface area contributed by atoms with Crippen molar-refractivity contribution in [3.05, 3.63) is 54.1 Å². The van der Waals surface area contributed by atoms with Crippen LogP contribution in [0.1, 0.15) is 36.9 Å². The smallest absolute Gasteiger partial charge is 0.326 e. The van der Waals surface area contributed by atoms with Crippen LogP contribution in [0, 0.1) is 0 Å². The number of hydrogen-bond donors (Lipinski definition) is 8. The maximum absolute atomic E-state index is 13.3. The minimum atomic E-state index is -1.60. The molecule has 1 heterocycles. The Morgan fingerprint density at radius 2 is 1.51 bits per heavy atom. The number of hydrogen-bond acceptors (Lipinski definition) is 8. The van der Waals surface area contributed by atoms with Crippen LogP contribution in [0.4, 0.5) is 0 Å². The average molecular weight is 546 g/mol. The number of carboxylic acid groups (broad SMARTS) is 2. The lowest BCUT2D eigenvalue weighted by Gasteiger charge is -2.24. The lowest BCUT2D eigenvalue weighted by molar-refractivity contribution is -0.143. The Bertz CT molecular complexity index is 1100. The Balaban J connectivity index is 2.18. The molecule has 4 atom stereocenters. The summed E-state index contributed by atoms with van der Waals surface area (Å²) >= 11 is 0. The van der Waals surface area contributed by atoms with Crippen LogP contribution in [0.25, 0.3) is 0 Å². The Kier molecular flexibility index (Phi) is 12.6. The molecule has 3 amide bonds. The molecule has 10 N–H and O–H groups in total. The number of amides is 3. The molecule has 0 fully saturated rings. The lowest BCUT2D eigenvalue weighted by Crippen LogP contribution is -2.58. The van der Waals surface area contributed by atoms with Gasteiger partial charge in [-0.15, -0.1) is 0 Å². The summed E-state index contributed by atoms with van der Waals surface area (Å²) in [5.41, 5.74) is 12.7. The number of imidazole rings is 1. The summed E-state index contributed by atoms with van der Waals surface area (Å²) in [4.78, 5) is 68.7. The van der Waals surface area contributed by atoms with Crippen LogP contribution in [0.15, 0.2) is 42.9 Å². The van der Waals surface area contributed by atoms with Crippen molar-refractivity contribution >= 4 is 29.7 Å². The molecule has 39 heavy (non-hydrogen) atoms. The summed E-state index contributed by atoms with van der Waals surface area (Å²) in [6.45, 7) is 0.345. The van der Waals surface area contributed by atoms with Gasteiger partial charge in [-0.1, -0.05) is 30.3 Å². The van der Waals surface area contributed by atoms with E-state index < -0.39 is 60.2 Å². The minimum absolute atomic E-state index is 0.0213. The van der Waals surface area contributed by atoms with Gasteiger partial charge in [0.05, 0.1) is 18.8 Å². The second-order valence-corrected chi connectivity index (χ2v) is 8.98. The van der Waals surface area contributed by atoms with E-state index in [4.69, 9.17) is 11.5 Å². The second kappa shape index (κ2) is 15.8. The quantitative estimate of drug-likeness (QED) is 0.109. The van der Waals surface area contributed by atoms with Gasteiger partial charge in [-0.05, 0) is 31.4 Å². The van der Waals surface area contributed by atoms with Crippen molar-refractivity contribution in [2.45, 2.75) is 62.7 Å². The fraction of sp³-hybridized carbons (Fsp3) is 0.440. The Morgan fingerprint density at radius 3 is 2.10 bits per heavy atom. The summed E-state index contributed by atoms with van der Waals surface area (Å²) in [5.74, 6) is -5.16. The molecule has 2 aromatic rings. The first-order chi connectivity index (χ1) is 18.6. The van der Waals surface area contributed by atoms with Crippen LogP contribution in [0.3, 0.4) is 0 Å². The number of nitrogens with zero attached hydrogens (tertiary/aromatic N) is 1. The number of H-pyrrole nitrogens is 1. The standard InChI is InChI=1S/C25H35N7O7/c26-9-5-4-8-18(25(38)39)30-24(37)20(12-21(33)34)32-23(36)19(10-15-6-2-1-3-7-15)31-22(35)17(27)11-16-13-28-14-29-16/h1-3,6-7,13-14,17-20H,4-5,8-12,26-27H2,(H,28,29)(H,30,37)(H,31,35)(H,32,36)(H,33,34)(H,38,39). The molecular formula is C25H35N7O7. The number of benzene rings is 1. The van der Waals surface area contributed by atoms with Crippen LogP contribution >= 0.6 is 0 Å². The molecule has 1 aromatic heterocycles. The topological polar surface area (TPSA) is 243 Å². The van der Waals surface area contributed by atoms with E-state index in [1.165, 1.54) is 12.5 Å². The fourth-order valence-corrected chi connectivity index (χ4v) is 3.74. The SMILES string of the molecule is NCCCCC(NC(=O)C(CC(=O)O)NC(=O)C(Cc1ccccc1)NC(=O)C(N)Cc1cnc[nH]1)C(=O)O. The van der Waals surface area contributed by atoms with Crippen molar-refractivity contribution in [1.29, 1.82) is 0 Å². The fourth-order valence-electron chi connectivity index (χ4n) is 3.74. The van der Waals surface area contributed by atoms with Crippen molar-refractivity contribution in [2.24, 2.45) is 11.5 Å². The van der Waals surface area contributed by atoms with Crippen molar-refractivity contribution in [1.82, 2.24) is 25.9 Å². The normalized spacial score (nSPS) is 13.9. The summed E-state index contributed by atoms with van der Waals surface area (Å²) in [6.07, 6.45) is 3.32. The Hall–Kier alpha value is -4.30. The number of nitrogens with two attached hydrogens (primary N) is 2. The Morgan fingerprint density at radius 1 is 0.872 bits per heavy atom. The molecule has 4 unspecified atom stereocenters. The highest BCUT2D eigenvalue weighted by Gasteiger charge is 2.31. The third kappa shape index (κ3) is 10.9.